The quantitative estimate of drug-likeness (QED) is 0.873. The van der Waals surface area contributed by atoms with Crippen LogP contribution in [0.25, 0.3) is 0 Å². The van der Waals surface area contributed by atoms with Gasteiger partial charge in [-0.1, -0.05) is 0 Å². The highest BCUT2D eigenvalue weighted by molar-refractivity contribution is 6.04. The van der Waals surface area contributed by atoms with Crippen LogP contribution in [0.4, 0.5) is 15.8 Å². The fourth-order valence-corrected chi connectivity index (χ4v) is 2.66. The van der Waals surface area contributed by atoms with Crippen molar-refractivity contribution in [1.82, 2.24) is 4.57 Å². The summed E-state index contributed by atoms with van der Waals surface area (Å²) in [7, 11) is 1.60. The van der Waals surface area contributed by atoms with E-state index in [1.165, 1.54) is 29.0 Å². The Labute approximate surface area is 144 Å². The molecule has 1 aromatic heterocycles. The van der Waals surface area contributed by atoms with E-state index in [0.29, 0.717) is 17.9 Å². The van der Waals surface area contributed by atoms with Crippen LogP contribution in [0, 0.1) is 5.82 Å². The molecule has 3 rings (SSSR count). The van der Waals surface area contributed by atoms with Crippen LogP contribution in [-0.4, -0.2) is 29.7 Å². The molecular weight excluding hydrogens is 325 g/mol. The third-order valence-electron chi connectivity index (χ3n) is 4.14. The predicted octanol–water partition coefficient (Wildman–Crippen LogP) is 2.37. The molecule has 1 fully saturated rings. The molecule has 1 aliphatic rings. The van der Waals surface area contributed by atoms with Crippen LogP contribution in [0.5, 0.6) is 0 Å². The van der Waals surface area contributed by atoms with Gasteiger partial charge in [0, 0.05) is 43.7 Å². The normalized spacial score (nSPS) is 16.6. The highest BCUT2D eigenvalue weighted by Gasteiger charge is 2.16. The third-order valence-corrected chi connectivity index (χ3v) is 4.14. The van der Waals surface area contributed by atoms with Crippen molar-refractivity contribution >= 4 is 17.3 Å². The summed E-state index contributed by atoms with van der Waals surface area (Å²) in [5, 5.41) is 5.61. The van der Waals surface area contributed by atoms with Crippen LogP contribution in [0.3, 0.4) is 0 Å². The number of pyridine rings is 1. The first-order valence-corrected chi connectivity index (χ1v) is 8.16. The Balaban J connectivity index is 1.64. The molecular formula is C18H20FN3O3. The number of benzene rings is 1. The number of nitrogens with zero attached hydrogens (tertiary/aromatic N) is 1. The smallest absolute Gasteiger partial charge is 0.255 e. The molecule has 1 amide bonds. The lowest BCUT2D eigenvalue weighted by atomic mass is 10.2. The van der Waals surface area contributed by atoms with Crippen molar-refractivity contribution in [3.8, 4) is 0 Å². The zero-order valence-electron chi connectivity index (χ0n) is 13.9. The van der Waals surface area contributed by atoms with Crippen molar-refractivity contribution in [1.29, 1.82) is 0 Å². The number of amides is 1. The molecule has 0 radical (unpaired) electrons. The highest BCUT2D eigenvalue weighted by atomic mass is 19.1. The van der Waals surface area contributed by atoms with Crippen molar-refractivity contribution in [2.45, 2.75) is 18.9 Å². The molecule has 0 bridgehead atoms. The Hall–Kier alpha value is -2.67. The molecule has 2 N–H and O–H groups in total. The molecule has 1 atom stereocenters. The number of aromatic nitrogens is 1. The molecule has 0 saturated carbocycles. The Morgan fingerprint density at radius 3 is 2.88 bits per heavy atom. The minimum absolute atomic E-state index is 0.111. The van der Waals surface area contributed by atoms with Gasteiger partial charge in [-0.2, -0.15) is 0 Å². The molecule has 1 aliphatic heterocycles. The Bertz CT molecular complexity index is 829. The number of aryl methyl sites for hydroxylation is 1. The van der Waals surface area contributed by atoms with Gasteiger partial charge in [0.15, 0.2) is 0 Å². The van der Waals surface area contributed by atoms with Gasteiger partial charge in [-0.3, -0.25) is 9.59 Å². The maximum absolute atomic E-state index is 14.2. The molecule has 132 valence electrons. The lowest BCUT2D eigenvalue weighted by Gasteiger charge is -2.13. The number of rotatable bonds is 5. The molecule has 2 heterocycles. The van der Waals surface area contributed by atoms with Gasteiger partial charge in [0.2, 0.25) is 0 Å². The highest BCUT2D eigenvalue weighted by Crippen LogP contribution is 2.21. The predicted molar refractivity (Wildman–Crippen MR) is 93.5 cm³/mol. The zero-order chi connectivity index (χ0) is 17.8. The van der Waals surface area contributed by atoms with Gasteiger partial charge >= 0.3 is 0 Å². The first kappa shape index (κ1) is 17.2. The first-order valence-electron chi connectivity index (χ1n) is 8.16. The van der Waals surface area contributed by atoms with Crippen LogP contribution in [-0.2, 0) is 11.8 Å². The molecule has 25 heavy (non-hydrogen) atoms. The summed E-state index contributed by atoms with van der Waals surface area (Å²) in [6.07, 6.45) is 3.62. The van der Waals surface area contributed by atoms with Gasteiger partial charge in [0.25, 0.3) is 11.5 Å². The van der Waals surface area contributed by atoms with E-state index < -0.39 is 11.7 Å². The molecule has 1 aromatic carbocycles. The van der Waals surface area contributed by atoms with E-state index in [2.05, 4.69) is 10.6 Å². The van der Waals surface area contributed by atoms with Crippen LogP contribution >= 0.6 is 0 Å². The number of anilines is 2. The second-order valence-corrected chi connectivity index (χ2v) is 6.03. The van der Waals surface area contributed by atoms with E-state index in [4.69, 9.17) is 4.74 Å². The van der Waals surface area contributed by atoms with Crippen molar-refractivity contribution in [3.63, 3.8) is 0 Å². The summed E-state index contributed by atoms with van der Waals surface area (Å²) in [4.78, 5) is 23.7. The Morgan fingerprint density at radius 1 is 1.36 bits per heavy atom. The van der Waals surface area contributed by atoms with E-state index in [0.717, 1.165) is 19.4 Å². The number of hydrogen-bond donors (Lipinski definition) is 2. The number of ether oxygens (including phenoxy) is 1. The van der Waals surface area contributed by atoms with Crippen molar-refractivity contribution < 1.29 is 13.9 Å². The van der Waals surface area contributed by atoms with Crippen molar-refractivity contribution in [3.05, 3.63) is 58.3 Å². The number of nitrogens with one attached hydrogen (secondary N) is 2. The minimum Gasteiger partial charge on any atom is -0.380 e. The minimum atomic E-state index is -0.461. The topological polar surface area (TPSA) is 72.4 Å². The summed E-state index contributed by atoms with van der Waals surface area (Å²) in [6, 6.07) is 7.20. The molecule has 6 nitrogen and oxygen atoms in total. The van der Waals surface area contributed by atoms with E-state index in [9.17, 15) is 14.0 Å². The van der Waals surface area contributed by atoms with Crippen LogP contribution in [0.15, 0.2) is 41.3 Å². The summed E-state index contributed by atoms with van der Waals surface area (Å²) >= 11 is 0. The largest absolute Gasteiger partial charge is 0.380 e. The summed E-state index contributed by atoms with van der Waals surface area (Å²) in [5.41, 5.74) is 0.629. The maximum Gasteiger partial charge on any atom is 0.255 e. The molecule has 1 saturated heterocycles. The van der Waals surface area contributed by atoms with Gasteiger partial charge < -0.3 is 19.9 Å². The first-order chi connectivity index (χ1) is 12.0. The van der Waals surface area contributed by atoms with Gasteiger partial charge in [-0.15, -0.1) is 0 Å². The third kappa shape index (κ3) is 4.24. The molecule has 0 spiro atoms. The number of carbonyl (C=O) groups is 1. The van der Waals surface area contributed by atoms with Crippen LogP contribution < -0.4 is 16.2 Å². The average Bonchev–Trinajstić information content (AvgIpc) is 3.10. The fraction of sp³-hybridized carbons (Fsp3) is 0.333. The van der Waals surface area contributed by atoms with E-state index in [-0.39, 0.29) is 17.2 Å². The summed E-state index contributed by atoms with van der Waals surface area (Å²) in [6.45, 7) is 1.30. The van der Waals surface area contributed by atoms with Crippen molar-refractivity contribution in [2.24, 2.45) is 7.05 Å². The van der Waals surface area contributed by atoms with Gasteiger partial charge in [-0.05, 0) is 37.1 Å². The second kappa shape index (κ2) is 7.48. The maximum atomic E-state index is 14.2. The lowest BCUT2D eigenvalue weighted by Crippen LogP contribution is -2.20. The molecule has 2 aromatic rings. The van der Waals surface area contributed by atoms with Crippen LogP contribution in [0.2, 0.25) is 0 Å². The molecule has 7 heteroatoms. The average molecular weight is 345 g/mol. The Kier molecular flexibility index (Phi) is 5.14. The van der Waals surface area contributed by atoms with Gasteiger partial charge in [0.1, 0.15) is 5.82 Å². The monoisotopic (exact) mass is 345 g/mol. The standard InChI is InChI=1S/C18H20FN3O3/c1-22-7-6-12(9-17(22)23)18(24)21-13-4-5-16(15(19)10-13)20-11-14-3-2-8-25-14/h4-7,9-10,14,20H,2-3,8,11H2,1H3,(H,21,24). The molecule has 0 aliphatic carbocycles. The van der Waals surface area contributed by atoms with Crippen molar-refractivity contribution in [2.75, 3.05) is 23.8 Å². The SMILES string of the molecule is Cn1ccc(C(=O)Nc2ccc(NCC3CCCO3)c(F)c2)cc1=O. The molecule has 1 unspecified atom stereocenters. The number of halogens is 1. The summed E-state index contributed by atoms with van der Waals surface area (Å²) < 4.78 is 21.0. The zero-order valence-corrected chi connectivity index (χ0v) is 13.9. The number of hydrogen-bond acceptors (Lipinski definition) is 4. The van der Waals surface area contributed by atoms with Gasteiger partial charge in [0.05, 0.1) is 11.8 Å². The van der Waals surface area contributed by atoms with E-state index in [1.54, 1.807) is 19.2 Å². The van der Waals surface area contributed by atoms with Gasteiger partial charge in [-0.25, -0.2) is 4.39 Å². The van der Waals surface area contributed by atoms with E-state index >= 15 is 0 Å². The summed E-state index contributed by atoms with van der Waals surface area (Å²) in [5.74, 6) is -0.920. The van der Waals surface area contributed by atoms with Crippen LogP contribution in [0.1, 0.15) is 23.2 Å². The fourth-order valence-electron chi connectivity index (χ4n) is 2.66. The lowest BCUT2D eigenvalue weighted by molar-refractivity contribution is 0.102. The number of carbonyl (C=O) groups excluding carboxylic acids is 1. The van der Waals surface area contributed by atoms with E-state index in [1.807, 2.05) is 0 Å². The Morgan fingerprint density at radius 2 is 2.20 bits per heavy atom. The second-order valence-electron chi connectivity index (χ2n) is 6.03.